The van der Waals surface area contributed by atoms with Gasteiger partial charge in [0.2, 0.25) is 5.91 Å². The average molecular weight is 369 g/mol. The molecule has 2 rings (SSSR count). The van der Waals surface area contributed by atoms with E-state index in [9.17, 15) is 18.0 Å². The van der Waals surface area contributed by atoms with Gasteiger partial charge in [-0.1, -0.05) is 30.3 Å². The van der Waals surface area contributed by atoms with Crippen molar-refractivity contribution in [2.45, 2.75) is 42.7 Å². The molecule has 1 saturated heterocycles. The molecule has 8 heteroatoms. The summed E-state index contributed by atoms with van der Waals surface area (Å²) in [7, 11) is -3.66. The van der Waals surface area contributed by atoms with E-state index in [0.29, 0.717) is 31.6 Å². The Morgan fingerprint density at radius 2 is 1.84 bits per heavy atom. The van der Waals surface area contributed by atoms with Crippen LogP contribution in [0.1, 0.15) is 37.8 Å². The first kappa shape index (κ1) is 19.4. The van der Waals surface area contributed by atoms with Crippen LogP contribution in [0, 0.1) is 0 Å². The smallest absolute Gasteiger partial charge is 0.305 e. The number of hydrogen-bond donors (Lipinski definition) is 2. The van der Waals surface area contributed by atoms with Gasteiger partial charge in [-0.2, -0.15) is 0 Å². The Kier molecular flexibility index (Phi) is 6.55. The Hall–Kier alpha value is -1.93. The fourth-order valence-electron chi connectivity index (χ4n) is 2.84. The number of hydrogen-bond acceptors (Lipinski definition) is 5. The first-order chi connectivity index (χ1) is 11.8. The van der Waals surface area contributed by atoms with Gasteiger partial charge in [0.15, 0.2) is 9.84 Å². The van der Waals surface area contributed by atoms with Gasteiger partial charge < -0.3 is 15.2 Å². The topological polar surface area (TPSA) is 110 Å². The lowest BCUT2D eigenvalue weighted by Crippen LogP contribution is -2.45. The van der Waals surface area contributed by atoms with Gasteiger partial charge in [0.25, 0.3) is 0 Å². The molecule has 1 fully saturated rings. The third-order valence-corrected chi connectivity index (χ3v) is 6.99. The Bertz CT molecular complexity index is 697. The van der Waals surface area contributed by atoms with E-state index in [4.69, 9.17) is 9.84 Å². The van der Waals surface area contributed by atoms with Gasteiger partial charge in [0.05, 0.1) is 17.7 Å². The molecule has 1 amide bonds. The van der Waals surface area contributed by atoms with Gasteiger partial charge in [0, 0.05) is 13.2 Å². The summed E-state index contributed by atoms with van der Waals surface area (Å²) < 4.78 is 30.4. The number of ether oxygens (including phenoxy) is 1. The van der Waals surface area contributed by atoms with Crippen molar-refractivity contribution in [2.75, 3.05) is 13.2 Å². The minimum Gasteiger partial charge on any atom is -0.481 e. The van der Waals surface area contributed by atoms with Crippen LogP contribution in [0.2, 0.25) is 0 Å². The van der Waals surface area contributed by atoms with Crippen molar-refractivity contribution in [3.05, 3.63) is 35.9 Å². The predicted molar refractivity (Wildman–Crippen MR) is 91.8 cm³/mol. The van der Waals surface area contributed by atoms with E-state index in [1.54, 1.807) is 30.3 Å². The van der Waals surface area contributed by atoms with Crippen LogP contribution in [0.25, 0.3) is 0 Å². The van der Waals surface area contributed by atoms with Crippen molar-refractivity contribution in [3.8, 4) is 0 Å². The third kappa shape index (κ3) is 5.02. The molecule has 0 bridgehead atoms. The van der Waals surface area contributed by atoms with Crippen molar-refractivity contribution >= 4 is 21.7 Å². The fourth-order valence-corrected chi connectivity index (χ4v) is 4.64. The second kappa shape index (κ2) is 8.44. The maximum absolute atomic E-state index is 12.6. The van der Waals surface area contributed by atoms with E-state index < -0.39 is 38.3 Å². The van der Waals surface area contributed by atoms with Crippen LogP contribution in [-0.2, 0) is 24.2 Å². The quantitative estimate of drug-likeness (QED) is 0.750. The van der Waals surface area contributed by atoms with Crippen LogP contribution in [0.3, 0.4) is 0 Å². The molecule has 138 valence electrons. The number of carboxylic acid groups (broad SMARTS) is 1. The Labute approximate surface area is 147 Å². The van der Waals surface area contributed by atoms with Gasteiger partial charge in [-0.05, 0) is 25.3 Å². The van der Waals surface area contributed by atoms with Crippen molar-refractivity contribution in [2.24, 2.45) is 0 Å². The van der Waals surface area contributed by atoms with E-state index in [1.165, 1.54) is 6.92 Å². The zero-order valence-corrected chi connectivity index (χ0v) is 14.9. The molecule has 2 unspecified atom stereocenters. The van der Waals surface area contributed by atoms with Crippen LogP contribution < -0.4 is 5.32 Å². The molecule has 2 atom stereocenters. The molecule has 1 heterocycles. The molecule has 1 aliphatic rings. The van der Waals surface area contributed by atoms with Crippen LogP contribution in [0.15, 0.2) is 30.3 Å². The van der Waals surface area contributed by atoms with E-state index in [-0.39, 0.29) is 6.42 Å². The van der Waals surface area contributed by atoms with Crippen LogP contribution >= 0.6 is 0 Å². The summed E-state index contributed by atoms with van der Waals surface area (Å²) >= 11 is 0. The van der Waals surface area contributed by atoms with E-state index >= 15 is 0 Å². The number of amides is 1. The van der Waals surface area contributed by atoms with Crippen molar-refractivity contribution in [1.82, 2.24) is 5.32 Å². The van der Waals surface area contributed by atoms with E-state index in [0.717, 1.165) is 0 Å². The standard InChI is InChI=1S/C17H23NO6S/c1-12(25(22,23)14-7-9-24-10-8-14)17(21)18-15(11-16(19)20)13-5-3-2-4-6-13/h2-6,12,14-15H,7-11H2,1H3,(H,18,21)(H,19,20). The molecule has 2 N–H and O–H groups in total. The zero-order chi connectivity index (χ0) is 18.4. The van der Waals surface area contributed by atoms with Gasteiger partial charge in [-0.15, -0.1) is 0 Å². The maximum atomic E-state index is 12.6. The van der Waals surface area contributed by atoms with Crippen molar-refractivity contribution < 1.29 is 27.9 Å². The average Bonchev–Trinajstić information content (AvgIpc) is 2.61. The minimum atomic E-state index is -3.66. The number of carbonyl (C=O) groups is 2. The first-order valence-corrected chi connectivity index (χ1v) is 9.81. The normalized spacial score (nSPS) is 18.3. The fraction of sp³-hybridized carbons (Fsp3) is 0.529. The van der Waals surface area contributed by atoms with Crippen LogP contribution in [-0.4, -0.2) is 49.1 Å². The molecule has 0 radical (unpaired) electrons. The molecule has 7 nitrogen and oxygen atoms in total. The van der Waals surface area contributed by atoms with Gasteiger partial charge >= 0.3 is 5.97 Å². The van der Waals surface area contributed by atoms with Crippen molar-refractivity contribution in [1.29, 1.82) is 0 Å². The Balaban J connectivity index is 2.12. The highest BCUT2D eigenvalue weighted by molar-refractivity contribution is 7.93. The molecule has 1 aromatic rings. The number of benzene rings is 1. The minimum absolute atomic E-state index is 0.320. The van der Waals surface area contributed by atoms with E-state index in [2.05, 4.69) is 5.32 Å². The zero-order valence-electron chi connectivity index (χ0n) is 14.1. The summed E-state index contributed by atoms with van der Waals surface area (Å²) in [4.78, 5) is 23.6. The molecule has 0 aromatic heterocycles. The lowest BCUT2D eigenvalue weighted by molar-refractivity contribution is -0.137. The molecule has 1 aliphatic heterocycles. The largest absolute Gasteiger partial charge is 0.481 e. The second-order valence-corrected chi connectivity index (χ2v) is 8.66. The summed E-state index contributed by atoms with van der Waals surface area (Å²) in [6, 6.07) is 7.87. The van der Waals surface area contributed by atoms with Gasteiger partial charge in [-0.25, -0.2) is 8.42 Å². The summed E-state index contributed by atoms with van der Waals surface area (Å²) in [6.07, 6.45) is 0.425. The van der Waals surface area contributed by atoms with Crippen molar-refractivity contribution in [3.63, 3.8) is 0 Å². The number of carboxylic acids is 1. The second-order valence-electron chi connectivity index (χ2n) is 6.11. The monoisotopic (exact) mass is 369 g/mol. The molecule has 25 heavy (non-hydrogen) atoms. The lowest BCUT2D eigenvalue weighted by atomic mass is 10.0. The number of aliphatic carboxylic acids is 1. The van der Waals surface area contributed by atoms with Crippen LogP contribution in [0.5, 0.6) is 0 Å². The molecule has 0 saturated carbocycles. The third-order valence-electron chi connectivity index (χ3n) is 4.39. The maximum Gasteiger partial charge on any atom is 0.305 e. The molecule has 0 spiro atoms. The van der Waals surface area contributed by atoms with E-state index in [1.807, 2.05) is 0 Å². The highest BCUT2D eigenvalue weighted by atomic mass is 32.2. The number of sulfone groups is 1. The highest BCUT2D eigenvalue weighted by Crippen LogP contribution is 2.22. The number of nitrogens with one attached hydrogen (secondary N) is 1. The highest BCUT2D eigenvalue weighted by Gasteiger charge is 2.37. The molecule has 0 aliphatic carbocycles. The Morgan fingerprint density at radius 3 is 2.40 bits per heavy atom. The number of carbonyl (C=O) groups excluding carboxylic acids is 1. The lowest BCUT2D eigenvalue weighted by Gasteiger charge is -2.26. The van der Waals surface area contributed by atoms with Gasteiger partial charge in [0.1, 0.15) is 5.25 Å². The molecular weight excluding hydrogens is 346 g/mol. The molecule has 1 aromatic carbocycles. The first-order valence-electron chi connectivity index (χ1n) is 8.20. The number of rotatable bonds is 7. The molecular formula is C17H23NO6S. The summed E-state index contributed by atoms with van der Waals surface area (Å²) in [5.74, 6) is -1.75. The Morgan fingerprint density at radius 1 is 1.24 bits per heavy atom. The summed E-state index contributed by atoms with van der Waals surface area (Å²) in [5.41, 5.74) is 0.619. The van der Waals surface area contributed by atoms with Crippen LogP contribution in [0.4, 0.5) is 0 Å². The summed E-state index contributed by atoms with van der Waals surface area (Å²) in [6.45, 7) is 2.08. The predicted octanol–water partition coefficient (Wildman–Crippen LogP) is 1.30. The SMILES string of the molecule is CC(C(=O)NC(CC(=O)O)c1ccccc1)S(=O)(=O)C1CCOCC1. The summed E-state index contributed by atoms with van der Waals surface area (Å²) in [5, 5.41) is 9.82. The van der Waals surface area contributed by atoms with Gasteiger partial charge in [-0.3, -0.25) is 9.59 Å².